The Morgan fingerprint density at radius 1 is 0.636 bits per heavy atom. The Morgan fingerprint density at radius 3 is 1.44 bits per heavy atom. The number of hydrogen-bond acceptors (Lipinski definition) is 9. The summed E-state index contributed by atoms with van der Waals surface area (Å²) in [7, 11) is 0. The van der Waals surface area contributed by atoms with E-state index in [0.717, 1.165) is 57.1 Å². The molecule has 4 aromatic heterocycles. The monoisotopic (exact) mass is 912 g/mol. The summed E-state index contributed by atoms with van der Waals surface area (Å²) in [6.07, 6.45) is -2.02. The third kappa shape index (κ3) is 11.3. The van der Waals surface area contributed by atoms with Gasteiger partial charge in [-0.2, -0.15) is 26.3 Å². The second kappa shape index (κ2) is 19.7. The molecule has 0 aliphatic carbocycles. The number of hydrogen-bond donors (Lipinski definition) is 5. The van der Waals surface area contributed by atoms with Crippen molar-refractivity contribution < 1.29 is 51.2 Å². The highest BCUT2D eigenvalue weighted by molar-refractivity contribution is 6.05. The van der Waals surface area contributed by atoms with E-state index in [0.29, 0.717) is 29.6 Å². The van der Waals surface area contributed by atoms with Crippen LogP contribution < -0.4 is 16.1 Å². The van der Waals surface area contributed by atoms with Crippen molar-refractivity contribution in [3.63, 3.8) is 0 Å². The van der Waals surface area contributed by atoms with Gasteiger partial charge >= 0.3 is 12.4 Å². The molecule has 0 aliphatic rings. The molecule has 4 aromatic carbocycles. The van der Waals surface area contributed by atoms with Gasteiger partial charge < -0.3 is 24.5 Å². The van der Waals surface area contributed by atoms with Gasteiger partial charge in [-0.1, -0.05) is 36.4 Å². The number of nitro benzene ring substituents is 1. The van der Waals surface area contributed by atoms with Crippen LogP contribution >= 0.6 is 0 Å². The normalized spacial score (nSPS) is 11.3. The quantitative estimate of drug-likeness (QED) is 0.0561. The van der Waals surface area contributed by atoms with E-state index in [1.165, 1.54) is 11.5 Å². The number of alkyl halides is 6. The van der Waals surface area contributed by atoms with Crippen molar-refractivity contribution in [2.45, 2.75) is 33.1 Å². The lowest BCUT2D eigenvalue weighted by molar-refractivity contribution is -0.388. The topological polar surface area (TPSA) is 188 Å². The number of aliphatic hydroxyl groups excluding tert-OH is 1. The van der Waals surface area contributed by atoms with Gasteiger partial charge in [-0.15, -0.1) is 0 Å². The molecule has 340 valence electrons. The lowest BCUT2D eigenvalue weighted by Crippen LogP contribution is -2.15. The van der Waals surface area contributed by atoms with E-state index in [2.05, 4.69) is 20.6 Å². The standard InChI is InChI=1S/C22H15F3N4O3.C22H17F3N4O2.C2H6O/c1-13-2-9-20-27-18(12-28(20)11-13)14-3-6-16(7-4-14)26-21(30)15-5-8-19(29(31)32)17(10-15)22(23,24)25;1-13-2-9-20-27-19(12-29(20)11-13)14-3-6-16(7-4-14)26-21(30)15-5-8-18(28-31)17(10-15)22(23,24)25;1-2-3/h2-12H,1H3,(H,26,30);2-12,28,31H,1H3,(H,26,30);3H,2H2,1H3. The number of aliphatic hydroxyl groups is 1. The summed E-state index contributed by atoms with van der Waals surface area (Å²) in [5.74, 6) is -1.52. The minimum Gasteiger partial charge on any atom is -0.397 e. The molecule has 0 aliphatic heterocycles. The fourth-order valence-corrected chi connectivity index (χ4v) is 6.42. The number of nitro groups is 1. The first-order valence-electron chi connectivity index (χ1n) is 19.6. The van der Waals surface area contributed by atoms with Crippen LogP contribution in [0.5, 0.6) is 0 Å². The number of aryl methyl sites for hydroxylation is 2. The van der Waals surface area contributed by atoms with Crippen LogP contribution in [0.2, 0.25) is 0 Å². The van der Waals surface area contributed by atoms with Crippen molar-refractivity contribution >= 4 is 45.9 Å². The summed E-state index contributed by atoms with van der Waals surface area (Å²) in [5, 5.41) is 32.4. The van der Waals surface area contributed by atoms with Crippen molar-refractivity contribution in [1.29, 1.82) is 0 Å². The molecule has 5 N–H and O–H groups in total. The molecule has 0 bridgehead atoms. The van der Waals surface area contributed by atoms with Gasteiger partial charge in [0.15, 0.2) is 0 Å². The van der Waals surface area contributed by atoms with Crippen molar-refractivity contribution in [3.05, 3.63) is 177 Å². The first kappa shape index (κ1) is 47.4. The molecule has 0 atom stereocenters. The second-order valence-corrected chi connectivity index (χ2v) is 14.4. The number of imidazole rings is 2. The number of fused-ring (bicyclic) bond motifs is 2. The molecule has 0 spiro atoms. The number of anilines is 3. The Bertz CT molecular complexity index is 3040. The molecule has 8 aromatic rings. The molecule has 8 rings (SSSR count). The minimum absolute atomic E-state index is 0.189. The Morgan fingerprint density at radius 2 is 1.05 bits per heavy atom. The number of carbonyl (C=O) groups excluding carboxylic acids is 2. The zero-order valence-electron chi connectivity index (χ0n) is 34.9. The number of nitrogens with zero attached hydrogens (tertiary/aromatic N) is 5. The summed E-state index contributed by atoms with van der Waals surface area (Å²) in [6, 6.07) is 26.2. The number of rotatable bonds is 8. The van der Waals surface area contributed by atoms with Crippen LogP contribution in [0.3, 0.4) is 0 Å². The fourth-order valence-electron chi connectivity index (χ4n) is 6.42. The molecule has 0 unspecified atom stereocenters. The number of amides is 2. The maximum atomic E-state index is 13.1. The van der Waals surface area contributed by atoms with Crippen molar-refractivity contribution in [1.82, 2.24) is 18.8 Å². The summed E-state index contributed by atoms with van der Waals surface area (Å²) >= 11 is 0. The van der Waals surface area contributed by atoms with Crippen molar-refractivity contribution in [2.75, 3.05) is 22.7 Å². The highest BCUT2D eigenvalue weighted by Crippen LogP contribution is 2.37. The maximum absolute atomic E-state index is 13.1. The van der Waals surface area contributed by atoms with Crippen LogP contribution in [0.1, 0.15) is 49.9 Å². The largest absolute Gasteiger partial charge is 0.423 e. The van der Waals surface area contributed by atoms with Crippen LogP contribution in [0.25, 0.3) is 33.8 Å². The van der Waals surface area contributed by atoms with Gasteiger partial charge in [0.1, 0.15) is 16.9 Å². The van der Waals surface area contributed by atoms with E-state index in [4.69, 9.17) is 10.3 Å². The minimum atomic E-state index is -4.97. The highest BCUT2D eigenvalue weighted by atomic mass is 19.4. The third-order valence-electron chi connectivity index (χ3n) is 9.54. The van der Waals surface area contributed by atoms with Crippen LogP contribution in [0, 0.1) is 24.0 Å². The first-order valence-corrected chi connectivity index (χ1v) is 19.6. The van der Waals surface area contributed by atoms with Crippen molar-refractivity contribution in [2.24, 2.45) is 0 Å². The van der Waals surface area contributed by atoms with Crippen LogP contribution in [0.4, 0.5) is 49.1 Å². The molecule has 0 saturated carbocycles. The number of pyridine rings is 2. The number of carbonyl (C=O) groups is 2. The smallest absolute Gasteiger partial charge is 0.397 e. The van der Waals surface area contributed by atoms with Gasteiger partial charge in [-0.05, 0) is 98.6 Å². The number of halogens is 6. The average Bonchev–Trinajstić information content (AvgIpc) is 3.90. The lowest BCUT2D eigenvalue weighted by Gasteiger charge is -2.13. The fraction of sp³-hybridized carbons (Fsp3) is 0.130. The van der Waals surface area contributed by atoms with Crippen LogP contribution in [-0.4, -0.2) is 52.4 Å². The van der Waals surface area contributed by atoms with E-state index in [1.54, 1.807) is 55.5 Å². The Balaban J connectivity index is 0.000000206. The highest BCUT2D eigenvalue weighted by Gasteiger charge is 2.39. The number of benzene rings is 4. The van der Waals surface area contributed by atoms with E-state index in [1.807, 2.05) is 71.7 Å². The molecule has 66 heavy (non-hydrogen) atoms. The van der Waals surface area contributed by atoms with Gasteiger partial charge in [0.05, 0.1) is 27.6 Å². The molecule has 0 fully saturated rings. The maximum Gasteiger partial charge on any atom is 0.423 e. The molecular formula is C46H38F6N8O6. The first-order chi connectivity index (χ1) is 31.3. The number of nitrogens with one attached hydrogen (secondary N) is 3. The SMILES string of the molecule is CCO.Cc1ccc2nc(-c3ccc(NC(=O)c4ccc(NO)c(C(F)(F)F)c4)cc3)cn2c1.Cc1ccc2nc(-c3ccc(NC(=O)c4ccc([N+](=O)[O-])c(C(F)(F)F)c4)cc3)cn2c1. The predicted molar refractivity (Wildman–Crippen MR) is 234 cm³/mol. The molecule has 4 heterocycles. The summed E-state index contributed by atoms with van der Waals surface area (Å²) in [6.45, 7) is 5.89. The Hall–Kier alpha value is -8.10. The third-order valence-corrected chi connectivity index (χ3v) is 9.54. The summed E-state index contributed by atoms with van der Waals surface area (Å²) < 4.78 is 82.6. The Labute approximate surface area is 370 Å². The van der Waals surface area contributed by atoms with E-state index in [9.17, 15) is 46.0 Å². The molecule has 0 saturated heterocycles. The van der Waals surface area contributed by atoms with Crippen LogP contribution in [0.15, 0.2) is 134 Å². The lowest BCUT2D eigenvalue weighted by atomic mass is 10.1. The predicted octanol–water partition coefficient (Wildman–Crippen LogP) is 10.9. The molecule has 20 heteroatoms. The van der Waals surface area contributed by atoms with Gasteiger partial charge in [0.25, 0.3) is 17.5 Å². The van der Waals surface area contributed by atoms with Gasteiger partial charge in [0, 0.05) is 71.1 Å². The zero-order valence-corrected chi connectivity index (χ0v) is 34.9. The second-order valence-electron chi connectivity index (χ2n) is 14.4. The van der Waals surface area contributed by atoms with E-state index < -0.39 is 51.6 Å². The summed E-state index contributed by atoms with van der Waals surface area (Å²) in [4.78, 5) is 43.6. The molecule has 2 amide bonds. The molecule has 14 nitrogen and oxygen atoms in total. The summed E-state index contributed by atoms with van der Waals surface area (Å²) in [5.41, 5.74) is 4.34. The Kier molecular flexibility index (Phi) is 14.2. The zero-order chi connectivity index (χ0) is 47.9. The van der Waals surface area contributed by atoms with Crippen molar-refractivity contribution in [3.8, 4) is 22.5 Å². The van der Waals surface area contributed by atoms with Crippen LogP contribution in [-0.2, 0) is 12.4 Å². The van der Waals surface area contributed by atoms with E-state index in [-0.39, 0.29) is 17.7 Å². The number of aromatic nitrogens is 4. The average molecular weight is 913 g/mol. The molecular weight excluding hydrogens is 875 g/mol. The molecule has 0 radical (unpaired) electrons. The van der Waals surface area contributed by atoms with Gasteiger partial charge in [0.2, 0.25) is 0 Å². The van der Waals surface area contributed by atoms with Gasteiger partial charge in [-0.25, -0.2) is 9.97 Å². The van der Waals surface area contributed by atoms with Gasteiger partial charge in [-0.3, -0.25) is 30.4 Å². The van der Waals surface area contributed by atoms with E-state index >= 15 is 0 Å².